The minimum atomic E-state index is -0.312. The predicted octanol–water partition coefficient (Wildman–Crippen LogP) is 2.73. The lowest BCUT2D eigenvalue weighted by molar-refractivity contribution is -0.123. The first-order valence-corrected chi connectivity index (χ1v) is 7.10. The van der Waals surface area contributed by atoms with Crippen molar-refractivity contribution >= 4 is 12.1 Å². The Bertz CT molecular complexity index is 622. The van der Waals surface area contributed by atoms with Crippen LogP contribution in [0.2, 0.25) is 0 Å². The highest BCUT2D eigenvalue weighted by molar-refractivity contribution is 5.82. The Kier molecular flexibility index (Phi) is 5.65. The number of aromatic nitrogens is 1. The minimum Gasteiger partial charge on any atom is -0.484 e. The molecule has 5 nitrogen and oxygen atoms in total. The summed E-state index contributed by atoms with van der Waals surface area (Å²) in [6.45, 7) is 4.18. The van der Waals surface area contributed by atoms with Crippen LogP contribution >= 0.6 is 0 Å². The summed E-state index contributed by atoms with van der Waals surface area (Å²) >= 11 is 0. The molecule has 1 heterocycles. The first-order chi connectivity index (χ1) is 10.6. The molecule has 0 unspecified atom stereocenters. The number of benzene rings is 1. The van der Waals surface area contributed by atoms with Crippen molar-refractivity contribution in [2.45, 2.75) is 19.8 Å². The van der Waals surface area contributed by atoms with E-state index >= 15 is 0 Å². The molecule has 1 aromatic heterocycles. The number of nitrogens with zero attached hydrogens (tertiary/aromatic N) is 2. The van der Waals surface area contributed by atoms with Crippen molar-refractivity contribution in [2.24, 2.45) is 5.10 Å². The van der Waals surface area contributed by atoms with Gasteiger partial charge in [0.2, 0.25) is 0 Å². The van der Waals surface area contributed by atoms with Crippen LogP contribution in [0.25, 0.3) is 0 Å². The van der Waals surface area contributed by atoms with Crippen LogP contribution in [0, 0.1) is 0 Å². The van der Waals surface area contributed by atoms with Gasteiger partial charge in [0.15, 0.2) is 6.61 Å². The summed E-state index contributed by atoms with van der Waals surface area (Å²) in [6, 6.07) is 11.4. The Morgan fingerprint density at radius 3 is 2.73 bits per heavy atom. The Labute approximate surface area is 130 Å². The van der Waals surface area contributed by atoms with E-state index in [0.717, 1.165) is 5.56 Å². The number of pyridine rings is 1. The monoisotopic (exact) mass is 297 g/mol. The molecule has 0 bridgehead atoms. The molecular formula is C17H19N3O2. The second kappa shape index (κ2) is 7.93. The van der Waals surface area contributed by atoms with Crippen LogP contribution in [0.4, 0.5) is 0 Å². The summed E-state index contributed by atoms with van der Waals surface area (Å²) in [5.41, 5.74) is 4.46. The van der Waals surface area contributed by atoms with Crippen molar-refractivity contribution in [1.29, 1.82) is 0 Å². The second-order valence-corrected chi connectivity index (χ2v) is 5.09. The topological polar surface area (TPSA) is 63.6 Å². The number of amides is 1. The van der Waals surface area contributed by atoms with Gasteiger partial charge in [0, 0.05) is 18.0 Å². The molecule has 0 aliphatic carbocycles. The third-order valence-corrected chi connectivity index (χ3v) is 3.00. The lowest BCUT2D eigenvalue weighted by atomic mass is 10.0. The maximum atomic E-state index is 11.6. The lowest BCUT2D eigenvalue weighted by Gasteiger charge is -2.08. The van der Waals surface area contributed by atoms with Gasteiger partial charge in [-0.25, -0.2) is 5.43 Å². The number of carbonyl (C=O) groups excluding carboxylic acids is 1. The van der Waals surface area contributed by atoms with Crippen LogP contribution in [0.5, 0.6) is 5.75 Å². The Balaban J connectivity index is 1.77. The highest BCUT2D eigenvalue weighted by atomic mass is 16.5. The van der Waals surface area contributed by atoms with Crippen molar-refractivity contribution < 1.29 is 9.53 Å². The molecule has 0 aliphatic rings. The van der Waals surface area contributed by atoms with E-state index in [1.807, 2.05) is 30.3 Å². The van der Waals surface area contributed by atoms with Gasteiger partial charge in [-0.2, -0.15) is 5.10 Å². The van der Waals surface area contributed by atoms with E-state index in [9.17, 15) is 4.79 Å². The third-order valence-electron chi connectivity index (χ3n) is 3.00. The van der Waals surface area contributed by atoms with E-state index in [0.29, 0.717) is 11.7 Å². The number of rotatable bonds is 6. The molecule has 1 aromatic carbocycles. The summed E-state index contributed by atoms with van der Waals surface area (Å²) in [6.07, 6.45) is 4.86. The number of hydrogen-bond donors (Lipinski definition) is 1. The minimum absolute atomic E-state index is 0.0780. The zero-order chi connectivity index (χ0) is 15.8. The fourth-order valence-electron chi connectivity index (χ4n) is 1.76. The summed E-state index contributed by atoms with van der Waals surface area (Å²) in [5.74, 6) is 0.822. The molecule has 0 fully saturated rings. The summed E-state index contributed by atoms with van der Waals surface area (Å²) in [4.78, 5) is 15.6. The van der Waals surface area contributed by atoms with E-state index in [1.165, 1.54) is 11.8 Å². The van der Waals surface area contributed by atoms with Crippen molar-refractivity contribution in [2.75, 3.05) is 6.61 Å². The fourth-order valence-corrected chi connectivity index (χ4v) is 1.76. The number of nitrogens with one attached hydrogen (secondary N) is 1. The zero-order valence-corrected chi connectivity index (χ0v) is 12.7. The average molecular weight is 297 g/mol. The lowest BCUT2D eigenvalue weighted by Crippen LogP contribution is -2.24. The SMILES string of the molecule is CC(C)c1ccc(OCC(=O)N/N=C/c2cccnc2)cc1. The number of hydrazone groups is 1. The molecule has 0 saturated carbocycles. The Morgan fingerprint density at radius 1 is 1.32 bits per heavy atom. The molecule has 1 N–H and O–H groups in total. The van der Waals surface area contributed by atoms with Crippen LogP contribution in [-0.2, 0) is 4.79 Å². The first-order valence-electron chi connectivity index (χ1n) is 7.10. The van der Waals surface area contributed by atoms with Crippen LogP contribution in [0.1, 0.15) is 30.9 Å². The second-order valence-electron chi connectivity index (χ2n) is 5.09. The van der Waals surface area contributed by atoms with E-state index in [1.54, 1.807) is 18.5 Å². The van der Waals surface area contributed by atoms with Crippen LogP contribution in [-0.4, -0.2) is 23.7 Å². The molecule has 5 heteroatoms. The summed E-state index contributed by atoms with van der Waals surface area (Å²) in [5, 5.41) is 3.85. The number of carbonyl (C=O) groups is 1. The molecule has 2 aromatic rings. The van der Waals surface area contributed by atoms with Gasteiger partial charge < -0.3 is 4.74 Å². The van der Waals surface area contributed by atoms with Crippen molar-refractivity contribution in [3.63, 3.8) is 0 Å². The van der Waals surface area contributed by atoms with Crippen molar-refractivity contribution in [3.8, 4) is 5.75 Å². The number of ether oxygens (including phenoxy) is 1. The zero-order valence-electron chi connectivity index (χ0n) is 12.7. The molecule has 22 heavy (non-hydrogen) atoms. The molecular weight excluding hydrogens is 278 g/mol. The molecule has 0 aliphatic heterocycles. The van der Waals surface area contributed by atoms with Gasteiger partial charge in [0.05, 0.1) is 6.21 Å². The van der Waals surface area contributed by atoms with E-state index in [-0.39, 0.29) is 12.5 Å². The maximum absolute atomic E-state index is 11.6. The average Bonchev–Trinajstić information content (AvgIpc) is 2.54. The third kappa shape index (κ3) is 5.01. The van der Waals surface area contributed by atoms with E-state index in [4.69, 9.17) is 4.74 Å². The van der Waals surface area contributed by atoms with Gasteiger partial charge in [0.1, 0.15) is 5.75 Å². The molecule has 1 amide bonds. The molecule has 0 radical (unpaired) electrons. The first kappa shape index (κ1) is 15.7. The smallest absolute Gasteiger partial charge is 0.277 e. The summed E-state index contributed by atoms with van der Waals surface area (Å²) in [7, 11) is 0. The molecule has 0 spiro atoms. The van der Waals surface area contributed by atoms with Crippen LogP contribution in [0.3, 0.4) is 0 Å². The van der Waals surface area contributed by atoms with Crippen molar-refractivity contribution in [3.05, 3.63) is 59.9 Å². The normalized spacial score (nSPS) is 10.9. The molecule has 114 valence electrons. The maximum Gasteiger partial charge on any atom is 0.277 e. The molecule has 2 rings (SSSR count). The van der Waals surface area contributed by atoms with E-state index in [2.05, 4.69) is 29.4 Å². The highest BCUT2D eigenvalue weighted by Crippen LogP contribution is 2.18. The van der Waals surface area contributed by atoms with Crippen LogP contribution in [0.15, 0.2) is 53.9 Å². The fraction of sp³-hybridized carbons (Fsp3) is 0.235. The van der Waals surface area contributed by atoms with Gasteiger partial charge >= 0.3 is 0 Å². The molecule has 0 saturated heterocycles. The van der Waals surface area contributed by atoms with Gasteiger partial charge in [-0.1, -0.05) is 32.0 Å². The highest BCUT2D eigenvalue weighted by Gasteiger charge is 2.03. The van der Waals surface area contributed by atoms with E-state index < -0.39 is 0 Å². The van der Waals surface area contributed by atoms with Gasteiger partial charge in [-0.3, -0.25) is 9.78 Å². The largest absolute Gasteiger partial charge is 0.484 e. The number of hydrogen-bond acceptors (Lipinski definition) is 4. The van der Waals surface area contributed by atoms with Gasteiger partial charge in [-0.05, 0) is 29.7 Å². The van der Waals surface area contributed by atoms with Crippen LogP contribution < -0.4 is 10.2 Å². The Morgan fingerprint density at radius 2 is 2.09 bits per heavy atom. The van der Waals surface area contributed by atoms with Gasteiger partial charge in [-0.15, -0.1) is 0 Å². The quantitative estimate of drug-likeness (QED) is 0.658. The predicted molar refractivity (Wildman–Crippen MR) is 86.0 cm³/mol. The Hall–Kier alpha value is -2.69. The van der Waals surface area contributed by atoms with Crippen molar-refractivity contribution in [1.82, 2.24) is 10.4 Å². The summed E-state index contributed by atoms with van der Waals surface area (Å²) < 4.78 is 5.41. The standard InChI is InChI=1S/C17H19N3O2/c1-13(2)15-5-7-16(8-6-15)22-12-17(21)20-19-11-14-4-3-9-18-10-14/h3-11,13H,12H2,1-2H3,(H,20,21)/b19-11+. The van der Waals surface area contributed by atoms with Gasteiger partial charge in [0.25, 0.3) is 5.91 Å². The molecule has 0 atom stereocenters.